The van der Waals surface area contributed by atoms with E-state index in [2.05, 4.69) is 17.1 Å². The summed E-state index contributed by atoms with van der Waals surface area (Å²) in [4.78, 5) is 15.4. The van der Waals surface area contributed by atoms with Crippen LogP contribution in [0.3, 0.4) is 0 Å². The lowest BCUT2D eigenvalue weighted by atomic mass is 9.72. The van der Waals surface area contributed by atoms with Crippen LogP contribution < -0.4 is 10.1 Å². The molecule has 0 saturated heterocycles. The second-order valence-electron chi connectivity index (χ2n) is 9.58. The van der Waals surface area contributed by atoms with Crippen molar-refractivity contribution in [3.05, 3.63) is 69.9 Å². The van der Waals surface area contributed by atoms with Crippen molar-refractivity contribution in [2.45, 2.75) is 46.2 Å². The zero-order valence-corrected chi connectivity index (χ0v) is 20.4. The summed E-state index contributed by atoms with van der Waals surface area (Å²) in [6.45, 7) is 0.697. The van der Waals surface area contributed by atoms with Crippen LogP contribution in [0.4, 0.5) is 11.4 Å². The molecule has 0 unspecified atom stereocenters. The molecule has 0 spiro atoms. The van der Waals surface area contributed by atoms with Crippen molar-refractivity contribution in [1.82, 2.24) is 0 Å². The van der Waals surface area contributed by atoms with Crippen LogP contribution in [0.2, 0.25) is 5.02 Å². The standard InChI is InChI=1S/C25H23Cl2N2O4S/c26-13-8-15-14-5-3-4-12(14)11-28-23(15)16(9-13)21-17(24(28)25(30)31)10-20(22(21)27)34-19-7-2-1-6-18(19)29(32)33/h1-3,5-9,12,14,17,20-22,24,32H,4,10-11H2,(H,30,31)/q-1/t12-,14+,17-,20+,21-,22+,24+/m1/s1. The molecule has 4 aliphatic rings. The van der Waals surface area contributed by atoms with Crippen molar-refractivity contribution < 1.29 is 15.1 Å². The lowest BCUT2D eigenvalue weighted by molar-refractivity contribution is -0.140. The second kappa shape index (κ2) is 8.35. The molecule has 178 valence electrons. The lowest BCUT2D eigenvalue weighted by Crippen LogP contribution is -2.55. The number of carboxylic acid groups (broad SMARTS) is 1. The summed E-state index contributed by atoms with van der Waals surface area (Å²) in [5.74, 6) is -0.603. The summed E-state index contributed by atoms with van der Waals surface area (Å²) < 4.78 is 0. The molecule has 0 amide bonds. The number of aliphatic carboxylic acids is 1. The highest BCUT2D eigenvalue weighted by atomic mass is 35.5. The van der Waals surface area contributed by atoms with Gasteiger partial charge in [-0.05, 0) is 60.1 Å². The monoisotopic (exact) mass is 517 g/mol. The number of alkyl halides is 1. The molecule has 2 heterocycles. The molecule has 0 bridgehead atoms. The Labute approximate surface area is 211 Å². The summed E-state index contributed by atoms with van der Waals surface area (Å²) in [6.07, 6.45) is 5.93. The minimum atomic E-state index is -0.832. The Morgan fingerprint density at radius 3 is 2.76 bits per heavy atom. The van der Waals surface area contributed by atoms with E-state index < -0.39 is 12.0 Å². The third kappa shape index (κ3) is 3.36. The predicted molar refractivity (Wildman–Crippen MR) is 134 cm³/mol. The van der Waals surface area contributed by atoms with Gasteiger partial charge in [-0.3, -0.25) is 5.21 Å². The highest BCUT2D eigenvalue weighted by Gasteiger charge is 2.56. The summed E-state index contributed by atoms with van der Waals surface area (Å²) in [7, 11) is 0. The topological polar surface area (TPSA) is 87.1 Å². The first-order valence-corrected chi connectivity index (χ1v) is 13.1. The van der Waals surface area contributed by atoms with Crippen molar-refractivity contribution in [2.75, 3.05) is 16.7 Å². The third-order valence-electron chi connectivity index (χ3n) is 7.87. The maximum atomic E-state index is 12.7. The number of hydrogen-bond donors (Lipinski definition) is 2. The largest absolute Gasteiger partial charge is 0.733 e. The Bertz CT molecular complexity index is 1190. The highest BCUT2D eigenvalue weighted by molar-refractivity contribution is 8.00. The zero-order chi connectivity index (χ0) is 23.7. The molecular formula is C25H23Cl2N2O4S-. The van der Waals surface area contributed by atoms with Crippen molar-refractivity contribution in [3.63, 3.8) is 0 Å². The number of allylic oxidation sites excluding steroid dienone is 2. The van der Waals surface area contributed by atoms with E-state index in [0.29, 0.717) is 28.8 Å². The van der Waals surface area contributed by atoms with E-state index in [-0.39, 0.29) is 39.3 Å². The average molecular weight is 518 g/mol. The first-order chi connectivity index (χ1) is 16.3. The van der Waals surface area contributed by atoms with E-state index in [4.69, 9.17) is 23.2 Å². The predicted octanol–water partition coefficient (Wildman–Crippen LogP) is 5.85. The molecule has 6 rings (SSSR count). The fourth-order valence-corrected chi connectivity index (χ4v) is 8.79. The van der Waals surface area contributed by atoms with Gasteiger partial charge in [-0.1, -0.05) is 35.9 Å². The zero-order valence-electron chi connectivity index (χ0n) is 18.1. The van der Waals surface area contributed by atoms with Gasteiger partial charge in [-0.25, -0.2) is 4.79 Å². The Kier molecular flexibility index (Phi) is 5.54. The molecule has 2 aliphatic carbocycles. The molecule has 2 aromatic carbocycles. The fraction of sp³-hybridized carbons (Fsp3) is 0.400. The first-order valence-electron chi connectivity index (χ1n) is 11.4. The maximum Gasteiger partial charge on any atom is 0.326 e. The summed E-state index contributed by atoms with van der Waals surface area (Å²) in [5, 5.41) is 31.6. The number of carboxylic acids is 1. The number of hydrogen-bond acceptors (Lipinski definition) is 6. The van der Waals surface area contributed by atoms with Gasteiger partial charge in [-0.2, -0.15) is 0 Å². The van der Waals surface area contributed by atoms with Crippen molar-refractivity contribution in [2.24, 2.45) is 11.8 Å². The van der Waals surface area contributed by atoms with E-state index >= 15 is 0 Å². The Hall–Kier alpha value is -1.90. The number of nitrogens with zero attached hydrogens (tertiary/aromatic N) is 2. The Morgan fingerprint density at radius 1 is 1.24 bits per heavy atom. The number of rotatable bonds is 4. The second-order valence-corrected chi connectivity index (χ2v) is 11.8. The van der Waals surface area contributed by atoms with Crippen LogP contribution in [-0.4, -0.2) is 39.5 Å². The van der Waals surface area contributed by atoms with Gasteiger partial charge in [-0.15, -0.1) is 23.4 Å². The fourth-order valence-electron chi connectivity index (χ4n) is 6.61. The maximum absolute atomic E-state index is 12.7. The van der Waals surface area contributed by atoms with E-state index in [1.54, 1.807) is 24.3 Å². The normalized spacial score (nSPS) is 32.8. The van der Waals surface area contributed by atoms with Gasteiger partial charge < -0.3 is 20.4 Å². The van der Waals surface area contributed by atoms with Crippen LogP contribution >= 0.6 is 35.0 Å². The summed E-state index contributed by atoms with van der Waals surface area (Å²) >= 11 is 15.1. The molecule has 34 heavy (non-hydrogen) atoms. The molecule has 6 nitrogen and oxygen atoms in total. The van der Waals surface area contributed by atoms with E-state index in [1.165, 1.54) is 11.8 Å². The number of anilines is 2. The van der Waals surface area contributed by atoms with Gasteiger partial charge in [0.05, 0.1) is 11.1 Å². The van der Waals surface area contributed by atoms with Crippen molar-refractivity contribution >= 4 is 52.3 Å². The first kappa shape index (κ1) is 22.6. The van der Waals surface area contributed by atoms with Crippen LogP contribution in [0, 0.1) is 17.0 Å². The molecule has 0 radical (unpaired) electrons. The summed E-state index contributed by atoms with van der Waals surface area (Å²) in [6, 6.07) is 10.1. The van der Waals surface area contributed by atoms with Crippen LogP contribution in [0.25, 0.3) is 0 Å². The number of benzene rings is 2. The molecule has 2 aliphatic heterocycles. The van der Waals surface area contributed by atoms with Crippen LogP contribution in [-0.2, 0) is 4.79 Å². The Morgan fingerprint density at radius 2 is 2.00 bits per heavy atom. The van der Waals surface area contributed by atoms with Crippen LogP contribution in [0.1, 0.15) is 35.8 Å². The van der Waals surface area contributed by atoms with Crippen LogP contribution in [0.15, 0.2) is 53.4 Å². The molecule has 7 atom stereocenters. The number of carbonyl (C=O) groups is 1. The number of para-hydroxylation sites is 1. The number of halogens is 2. The lowest BCUT2D eigenvalue weighted by Gasteiger charge is -2.49. The van der Waals surface area contributed by atoms with Crippen LogP contribution in [0.5, 0.6) is 0 Å². The van der Waals surface area contributed by atoms with Gasteiger partial charge in [0.25, 0.3) is 0 Å². The van der Waals surface area contributed by atoms with Gasteiger partial charge in [0.15, 0.2) is 0 Å². The van der Waals surface area contributed by atoms with Gasteiger partial charge in [0.2, 0.25) is 0 Å². The Balaban J connectivity index is 1.44. The molecule has 2 aromatic rings. The van der Waals surface area contributed by atoms with Gasteiger partial charge in [0, 0.05) is 39.2 Å². The smallest absolute Gasteiger partial charge is 0.326 e. The number of thioether (sulfide) groups is 1. The quantitative estimate of drug-likeness (QED) is 0.298. The molecule has 2 N–H and O–H groups in total. The summed E-state index contributed by atoms with van der Waals surface area (Å²) in [5.41, 5.74) is 3.28. The molecular weight excluding hydrogens is 495 g/mol. The van der Waals surface area contributed by atoms with Crippen molar-refractivity contribution in [3.8, 4) is 0 Å². The van der Waals surface area contributed by atoms with E-state index in [0.717, 1.165) is 23.2 Å². The van der Waals surface area contributed by atoms with E-state index in [1.807, 2.05) is 12.1 Å². The number of fused-ring (bicyclic) bond motifs is 4. The van der Waals surface area contributed by atoms with E-state index in [9.17, 15) is 20.3 Å². The van der Waals surface area contributed by atoms with Gasteiger partial charge >= 0.3 is 5.97 Å². The molecule has 1 saturated carbocycles. The van der Waals surface area contributed by atoms with Crippen molar-refractivity contribution in [1.29, 1.82) is 0 Å². The molecule has 1 fully saturated rings. The molecule has 0 aromatic heterocycles. The third-order valence-corrected chi connectivity index (χ3v) is 10.2. The minimum Gasteiger partial charge on any atom is -0.733 e. The minimum absolute atomic E-state index is 0.130. The highest BCUT2D eigenvalue weighted by Crippen LogP contribution is 2.60. The van der Waals surface area contributed by atoms with Gasteiger partial charge in [0.1, 0.15) is 6.04 Å². The average Bonchev–Trinajstić information content (AvgIpc) is 3.38. The molecule has 9 heteroatoms. The SMILES string of the molecule is O=C(O)[C@@H]1[C@@H]2C[C@H](Sc3ccccc3N([O-])O)[C@H](Cl)[C@@H]2c2cc(Cl)cc3c2N1C[C@H]1CC=C[C@H]31.